The van der Waals surface area contributed by atoms with Crippen LogP contribution in [0.5, 0.6) is 0 Å². The van der Waals surface area contributed by atoms with E-state index in [0.717, 1.165) is 0 Å². The van der Waals surface area contributed by atoms with Gasteiger partial charge in [-0.1, -0.05) is 6.07 Å². The van der Waals surface area contributed by atoms with Crippen molar-refractivity contribution in [2.45, 2.75) is 0 Å². The van der Waals surface area contributed by atoms with Crippen molar-refractivity contribution >= 4 is 49.7 Å². The van der Waals surface area contributed by atoms with E-state index in [2.05, 4.69) is 15.3 Å². The van der Waals surface area contributed by atoms with Gasteiger partial charge in [0.25, 0.3) is 11.8 Å². The van der Waals surface area contributed by atoms with E-state index in [0.29, 0.717) is 31.4 Å². The average Bonchev–Trinajstić information content (AvgIpc) is 3.33. The zero-order chi connectivity index (χ0) is 18.3. The summed E-state index contributed by atoms with van der Waals surface area (Å²) in [4.78, 5) is 31.1. The molecule has 0 saturated heterocycles. The van der Waals surface area contributed by atoms with Gasteiger partial charge in [-0.3, -0.25) is 14.9 Å². The molecule has 0 atom stereocenters. The van der Waals surface area contributed by atoms with Gasteiger partial charge in [-0.15, -0.1) is 22.7 Å². The number of rotatable bonds is 4. The minimum absolute atomic E-state index is 0.283. The van der Waals surface area contributed by atoms with Gasteiger partial charge < -0.3 is 10.7 Å². The van der Waals surface area contributed by atoms with Crippen LogP contribution < -0.4 is 11.1 Å². The Morgan fingerprint density at radius 1 is 1.27 bits per heavy atom. The summed E-state index contributed by atoms with van der Waals surface area (Å²) in [5.41, 5.74) is 6.80. The fourth-order valence-corrected chi connectivity index (χ4v) is 4.13. The number of halogens is 1. The van der Waals surface area contributed by atoms with Crippen LogP contribution in [0.25, 0.3) is 21.3 Å². The second-order valence-corrected chi connectivity index (χ2v) is 7.36. The molecule has 9 heteroatoms. The van der Waals surface area contributed by atoms with Crippen LogP contribution in [0, 0.1) is 5.82 Å². The number of thiophene rings is 1. The second kappa shape index (κ2) is 6.36. The van der Waals surface area contributed by atoms with Crippen molar-refractivity contribution in [3.05, 3.63) is 58.3 Å². The van der Waals surface area contributed by atoms with Gasteiger partial charge >= 0.3 is 0 Å². The molecule has 0 radical (unpaired) electrons. The van der Waals surface area contributed by atoms with E-state index in [-0.39, 0.29) is 17.4 Å². The van der Waals surface area contributed by atoms with Crippen LogP contribution in [-0.2, 0) is 0 Å². The lowest BCUT2D eigenvalue weighted by Gasteiger charge is -1.97. The summed E-state index contributed by atoms with van der Waals surface area (Å²) in [7, 11) is 0. The zero-order valence-electron chi connectivity index (χ0n) is 13.1. The number of primary amides is 1. The van der Waals surface area contributed by atoms with Gasteiger partial charge in [0.2, 0.25) is 0 Å². The molecule has 26 heavy (non-hydrogen) atoms. The molecule has 2 amide bonds. The molecule has 130 valence electrons. The van der Waals surface area contributed by atoms with Crippen LogP contribution in [0.2, 0.25) is 0 Å². The van der Waals surface area contributed by atoms with Crippen LogP contribution in [0.3, 0.4) is 0 Å². The Kier molecular flexibility index (Phi) is 4.02. The maximum atomic E-state index is 13.8. The minimum Gasteiger partial charge on any atom is -0.364 e. The van der Waals surface area contributed by atoms with E-state index in [1.165, 1.54) is 34.8 Å². The summed E-state index contributed by atoms with van der Waals surface area (Å²) in [6, 6.07) is 7.87. The Balaban J connectivity index is 1.55. The standard InChI is InChI=1S/C17H11FN4O2S2/c18-10-2-1-3-13-9(10)5-14(26-13)16(24)22-17-21-12(7-25-17)8-4-11(15(19)23)20-6-8/h1-7,20H,(H2,19,23)(H,21,22,24). The van der Waals surface area contributed by atoms with E-state index in [1.54, 1.807) is 29.8 Å². The number of carbonyl (C=O) groups is 2. The quantitative estimate of drug-likeness (QED) is 0.497. The van der Waals surface area contributed by atoms with Crippen molar-refractivity contribution in [2.75, 3.05) is 5.32 Å². The molecule has 0 unspecified atom stereocenters. The molecule has 0 spiro atoms. The Bertz CT molecular complexity index is 1140. The lowest BCUT2D eigenvalue weighted by molar-refractivity contribution is 0.0994. The van der Waals surface area contributed by atoms with Gasteiger partial charge in [0.05, 0.1) is 10.6 Å². The molecule has 3 heterocycles. The number of hydrogen-bond donors (Lipinski definition) is 3. The predicted octanol–water partition coefficient (Wildman–Crippen LogP) is 3.84. The number of benzene rings is 1. The van der Waals surface area contributed by atoms with Crippen molar-refractivity contribution in [1.82, 2.24) is 9.97 Å². The first kappa shape index (κ1) is 16.4. The van der Waals surface area contributed by atoms with Gasteiger partial charge in [0, 0.05) is 27.2 Å². The van der Waals surface area contributed by atoms with Crippen LogP contribution >= 0.6 is 22.7 Å². The smallest absolute Gasteiger partial charge is 0.267 e. The fraction of sp³-hybridized carbons (Fsp3) is 0. The number of H-pyrrole nitrogens is 1. The monoisotopic (exact) mass is 386 g/mol. The number of fused-ring (bicyclic) bond motifs is 1. The second-order valence-electron chi connectivity index (χ2n) is 5.42. The molecule has 4 aromatic rings. The van der Waals surface area contributed by atoms with E-state index in [4.69, 9.17) is 5.73 Å². The van der Waals surface area contributed by atoms with Gasteiger partial charge in [0.15, 0.2) is 5.13 Å². The van der Waals surface area contributed by atoms with Gasteiger partial charge in [-0.2, -0.15) is 0 Å². The van der Waals surface area contributed by atoms with Crippen molar-refractivity contribution in [1.29, 1.82) is 0 Å². The Morgan fingerprint density at radius 3 is 2.85 bits per heavy atom. The third kappa shape index (κ3) is 2.98. The van der Waals surface area contributed by atoms with Crippen LogP contribution in [-0.4, -0.2) is 21.8 Å². The first-order valence-electron chi connectivity index (χ1n) is 7.45. The van der Waals surface area contributed by atoms with Crippen LogP contribution in [0.1, 0.15) is 20.2 Å². The predicted molar refractivity (Wildman–Crippen MR) is 100 cm³/mol. The van der Waals surface area contributed by atoms with Crippen molar-refractivity contribution < 1.29 is 14.0 Å². The molecule has 4 N–H and O–H groups in total. The van der Waals surface area contributed by atoms with E-state index < -0.39 is 5.91 Å². The topological polar surface area (TPSA) is 101 Å². The molecule has 3 aromatic heterocycles. The number of anilines is 1. The molecule has 0 fully saturated rings. The maximum Gasteiger partial charge on any atom is 0.267 e. The first-order chi connectivity index (χ1) is 12.5. The summed E-state index contributed by atoms with van der Waals surface area (Å²) < 4.78 is 14.5. The van der Waals surface area contributed by atoms with Gasteiger partial charge in [-0.25, -0.2) is 9.37 Å². The molecule has 1 aromatic carbocycles. The lowest BCUT2D eigenvalue weighted by atomic mass is 10.2. The highest BCUT2D eigenvalue weighted by atomic mass is 32.1. The average molecular weight is 386 g/mol. The SMILES string of the molecule is NC(=O)c1cc(-c2csc(NC(=O)c3cc4c(F)cccc4s3)n2)c[nH]1. The summed E-state index contributed by atoms with van der Waals surface area (Å²) >= 11 is 2.47. The highest BCUT2D eigenvalue weighted by Gasteiger charge is 2.15. The maximum absolute atomic E-state index is 13.8. The molecular weight excluding hydrogens is 375 g/mol. The number of hydrogen-bond acceptors (Lipinski definition) is 5. The van der Waals surface area contributed by atoms with Crippen molar-refractivity contribution in [2.24, 2.45) is 5.73 Å². The fourth-order valence-electron chi connectivity index (χ4n) is 2.44. The molecule has 0 aliphatic heterocycles. The summed E-state index contributed by atoms with van der Waals surface area (Å²) in [5, 5.41) is 5.30. The van der Waals surface area contributed by atoms with E-state index in [1.807, 2.05) is 0 Å². The normalized spacial score (nSPS) is 11.0. The van der Waals surface area contributed by atoms with Gasteiger partial charge in [0.1, 0.15) is 11.5 Å². The molecular formula is C17H11FN4O2S2. The third-order valence-corrected chi connectivity index (χ3v) is 5.56. The van der Waals surface area contributed by atoms with Gasteiger partial charge in [-0.05, 0) is 24.3 Å². The largest absolute Gasteiger partial charge is 0.364 e. The summed E-state index contributed by atoms with van der Waals surface area (Å²) in [6.45, 7) is 0. The number of amides is 2. The summed E-state index contributed by atoms with van der Waals surface area (Å²) in [5.74, 6) is -1.26. The molecule has 0 bridgehead atoms. The van der Waals surface area contributed by atoms with E-state index in [9.17, 15) is 14.0 Å². The molecule has 4 rings (SSSR count). The number of carbonyl (C=O) groups excluding carboxylic acids is 2. The highest BCUT2D eigenvalue weighted by molar-refractivity contribution is 7.21. The zero-order valence-corrected chi connectivity index (χ0v) is 14.7. The first-order valence-corrected chi connectivity index (χ1v) is 9.14. The Hall–Kier alpha value is -3.04. The number of nitrogens with zero attached hydrogens (tertiary/aromatic N) is 1. The van der Waals surface area contributed by atoms with Crippen molar-refractivity contribution in [3.8, 4) is 11.3 Å². The minimum atomic E-state index is -0.558. The van der Waals surface area contributed by atoms with Crippen LogP contribution in [0.4, 0.5) is 9.52 Å². The number of aromatic amines is 1. The Labute approximate surface area is 154 Å². The molecule has 0 aliphatic rings. The molecule has 6 nitrogen and oxygen atoms in total. The number of thiazole rings is 1. The third-order valence-electron chi connectivity index (χ3n) is 3.70. The summed E-state index contributed by atoms with van der Waals surface area (Å²) in [6.07, 6.45) is 1.62. The van der Waals surface area contributed by atoms with Crippen LogP contribution in [0.15, 0.2) is 41.9 Å². The number of nitrogens with two attached hydrogens (primary N) is 1. The Morgan fingerprint density at radius 2 is 2.12 bits per heavy atom. The highest BCUT2D eigenvalue weighted by Crippen LogP contribution is 2.29. The molecule has 0 aliphatic carbocycles. The van der Waals surface area contributed by atoms with E-state index >= 15 is 0 Å². The van der Waals surface area contributed by atoms with Crippen molar-refractivity contribution in [3.63, 3.8) is 0 Å². The lowest BCUT2D eigenvalue weighted by Crippen LogP contribution is -2.10. The molecule has 0 saturated carbocycles. The number of nitrogens with one attached hydrogen (secondary N) is 2. The number of aromatic nitrogens is 2.